The quantitative estimate of drug-likeness (QED) is 0.799. The smallest absolute Gasteiger partial charge is 0.323 e. The van der Waals surface area contributed by atoms with E-state index in [1.165, 1.54) is 6.20 Å². The van der Waals surface area contributed by atoms with Gasteiger partial charge in [-0.1, -0.05) is 35.9 Å². The summed E-state index contributed by atoms with van der Waals surface area (Å²) in [6, 6.07) is 12.9. The van der Waals surface area contributed by atoms with E-state index in [1.807, 2.05) is 37.3 Å². The minimum absolute atomic E-state index is 0.0201. The van der Waals surface area contributed by atoms with Gasteiger partial charge in [0.25, 0.3) is 5.56 Å². The van der Waals surface area contributed by atoms with Crippen molar-refractivity contribution < 1.29 is 9.90 Å². The molecule has 0 aliphatic heterocycles. The molecule has 118 valence electrons. The summed E-state index contributed by atoms with van der Waals surface area (Å²) in [7, 11) is 0. The molecule has 0 amide bonds. The van der Waals surface area contributed by atoms with E-state index in [2.05, 4.69) is 4.98 Å². The van der Waals surface area contributed by atoms with Crippen LogP contribution in [0.3, 0.4) is 0 Å². The van der Waals surface area contributed by atoms with Gasteiger partial charge >= 0.3 is 5.97 Å². The number of fused-ring (bicyclic) bond motifs is 1. The van der Waals surface area contributed by atoms with Gasteiger partial charge in [0.15, 0.2) is 0 Å². The Morgan fingerprint density at radius 2 is 2.00 bits per heavy atom. The highest BCUT2D eigenvalue weighted by Crippen LogP contribution is 2.29. The van der Waals surface area contributed by atoms with Crippen LogP contribution >= 0.6 is 0 Å². The average Bonchev–Trinajstić information content (AvgIpc) is 2.58. The third kappa shape index (κ3) is 2.52. The molecule has 0 saturated heterocycles. The summed E-state index contributed by atoms with van der Waals surface area (Å²) in [6.07, 6.45) is 1.47. The van der Waals surface area contributed by atoms with Gasteiger partial charge in [0.2, 0.25) is 0 Å². The molecule has 2 heterocycles. The minimum atomic E-state index is -1.20. The second-order valence-corrected chi connectivity index (χ2v) is 5.39. The maximum Gasteiger partial charge on any atom is 0.323 e. The molecule has 6 heteroatoms. The molecule has 0 spiro atoms. The molecule has 0 atom stereocenters. The summed E-state index contributed by atoms with van der Waals surface area (Å²) in [5.41, 5.74) is 1.88. The standard InChI is InChI=1S/C18H13N3O3/c1-11-4-6-12(7-5-11)16-13-3-2-8-20-17(13)18(24)21(10-15(22)23)14(16)9-19/h2-8H,10H2,1H3,(H,22,23). The second kappa shape index (κ2) is 5.97. The zero-order chi connectivity index (χ0) is 17.3. The summed E-state index contributed by atoms with van der Waals surface area (Å²) in [4.78, 5) is 27.8. The van der Waals surface area contributed by atoms with Crippen LogP contribution in [0.2, 0.25) is 0 Å². The van der Waals surface area contributed by atoms with Gasteiger partial charge in [-0.05, 0) is 18.6 Å². The van der Waals surface area contributed by atoms with Crippen molar-refractivity contribution >= 4 is 16.9 Å². The summed E-state index contributed by atoms with van der Waals surface area (Å²) in [6.45, 7) is 1.35. The van der Waals surface area contributed by atoms with Gasteiger partial charge < -0.3 is 5.11 Å². The lowest BCUT2D eigenvalue weighted by atomic mass is 9.98. The average molecular weight is 319 g/mol. The van der Waals surface area contributed by atoms with Crippen LogP contribution in [0, 0.1) is 18.3 Å². The predicted molar refractivity (Wildman–Crippen MR) is 88.5 cm³/mol. The highest BCUT2D eigenvalue weighted by atomic mass is 16.4. The molecule has 6 nitrogen and oxygen atoms in total. The Labute approximate surface area is 137 Å². The first kappa shape index (κ1) is 15.4. The van der Waals surface area contributed by atoms with E-state index in [9.17, 15) is 14.9 Å². The number of pyridine rings is 2. The van der Waals surface area contributed by atoms with E-state index in [0.717, 1.165) is 15.7 Å². The van der Waals surface area contributed by atoms with Crippen LogP contribution in [0.1, 0.15) is 11.3 Å². The van der Waals surface area contributed by atoms with Gasteiger partial charge in [0, 0.05) is 17.1 Å². The predicted octanol–water partition coefficient (Wildman–Crippen LogP) is 2.33. The van der Waals surface area contributed by atoms with Gasteiger partial charge in [-0.3, -0.25) is 19.1 Å². The van der Waals surface area contributed by atoms with Crippen molar-refractivity contribution in [2.45, 2.75) is 13.5 Å². The summed E-state index contributed by atoms with van der Waals surface area (Å²) in [5, 5.41) is 19.2. The Bertz CT molecular complexity index is 1040. The first-order valence-corrected chi connectivity index (χ1v) is 7.23. The number of aromatic nitrogens is 2. The van der Waals surface area contributed by atoms with Crippen LogP contribution in [0.5, 0.6) is 0 Å². The number of nitrogens with zero attached hydrogens (tertiary/aromatic N) is 3. The van der Waals surface area contributed by atoms with E-state index in [1.54, 1.807) is 12.1 Å². The van der Waals surface area contributed by atoms with Gasteiger partial charge in [0.05, 0.1) is 0 Å². The van der Waals surface area contributed by atoms with Crippen LogP contribution in [-0.4, -0.2) is 20.6 Å². The fraction of sp³-hybridized carbons (Fsp3) is 0.111. The van der Waals surface area contributed by atoms with Crippen molar-refractivity contribution in [1.29, 1.82) is 5.26 Å². The zero-order valence-corrected chi connectivity index (χ0v) is 12.9. The van der Waals surface area contributed by atoms with E-state index < -0.39 is 18.1 Å². The first-order chi connectivity index (χ1) is 11.5. The van der Waals surface area contributed by atoms with E-state index >= 15 is 0 Å². The molecule has 1 N–H and O–H groups in total. The maximum atomic E-state index is 12.6. The molecule has 0 saturated carbocycles. The molecule has 0 bridgehead atoms. The molecule has 3 aromatic rings. The molecule has 2 aromatic heterocycles. The molecule has 0 aliphatic carbocycles. The van der Waals surface area contributed by atoms with Gasteiger partial charge in [0.1, 0.15) is 23.8 Å². The lowest BCUT2D eigenvalue weighted by molar-refractivity contribution is -0.137. The SMILES string of the molecule is Cc1ccc(-c2c(C#N)n(CC(=O)O)c(=O)c3ncccc23)cc1. The Morgan fingerprint density at radius 3 is 2.62 bits per heavy atom. The molecule has 24 heavy (non-hydrogen) atoms. The molecule has 1 aromatic carbocycles. The Balaban J connectivity index is 2.48. The Morgan fingerprint density at radius 1 is 1.29 bits per heavy atom. The number of carboxylic acids is 1. The van der Waals surface area contributed by atoms with Gasteiger partial charge in [-0.2, -0.15) is 5.26 Å². The second-order valence-electron chi connectivity index (χ2n) is 5.39. The van der Waals surface area contributed by atoms with Gasteiger partial charge in [-0.25, -0.2) is 0 Å². The van der Waals surface area contributed by atoms with E-state index in [-0.39, 0.29) is 11.2 Å². The van der Waals surface area contributed by atoms with Crippen LogP contribution in [0.25, 0.3) is 22.0 Å². The third-order valence-corrected chi connectivity index (χ3v) is 3.77. The molecule has 0 aliphatic rings. The number of carbonyl (C=O) groups is 1. The number of carboxylic acid groups (broad SMARTS) is 1. The molecule has 0 fully saturated rings. The third-order valence-electron chi connectivity index (χ3n) is 3.77. The summed E-state index contributed by atoms with van der Waals surface area (Å²) >= 11 is 0. The zero-order valence-electron chi connectivity index (χ0n) is 12.9. The minimum Gasteiger partial charge on any atom is -0.480 e. The summed E-state index contributed by atoms with van der Waals surface area (Å²) in [5.74, 6) is -1.20. The highest BCUT2D eigenvalue weighted by molar-refractivity contribution is 5.96. The number of hydrogen-bond donors (Lipinski definition) is 1. The van der Waals surface area contributed by atoms with Crippen molar-refractivity contribution in [1.82, 2.24) is 9.55 Å². The van der Waals surface area contributed by atoms with Crippen molar-refractivity contribution in [2.24, 2.45) is 0 Å². The Hall–Kier alpha value is -3.46. The van der Waals surface area contributed by atoms with Gasteiger partial charge in [-0.15, -0.1) is 0 Å². The van der Waals surface area contributed by atoms with Crippen LogP contribution in [0.15, 0.2) is 47.4 Å². The maximum absolute atomic E-state index is 12.6. The number of benzene rings is 1. The van der Waals surface area contributed by atoms with Crippen LogP contribution in [0.4, 0.5) is 0 Å². The van der Waals surface area contributed by atoms with Crippen molar-refractivity contribution in [3.05, 3.63) is 64.2 Å². The van der Waals surface area contributed by atoms with Crippen molar-refractivity contribution in [3.63, 3.8) is 0 Å². The number of aliphatic carboxylic acids is 1. The largest absolute Gasteiger partial charge is 0.480 e. The number of hydrogen-bond acceptors (Lipinski definition) is 4. The fourth-order valence-electron chi connectivity index (χ4n) is 2.68. The normalized spacial score (nSPS) is 10.5. The monoisotopic (exact) mass is 319 g/mol. The highest BCUT2D eigenvalue weighted by Gasteiger charge is 2.19. The fourth-order valence-corrected chi connectivity index (χ4v) is 2.68. The topological polar surface area (TPSA) is 96.0 Å². The number of aryl methyl sites for hydroxylation is 1. The van der Waals surface area contributed by atoms with E-state index in [4.69, 9.17) is 5.11 Å². The van der Waals surface area contributed by atoms with Crippen LogP contribution in [-0.2, 0) is 11.3 Å². The first-order valence-electron chi connectivity index (χ1n) is 7.23. The molecule has 0 radical (unpaired) electrons. The molecule has 0 unspecified atom stereocenters. The number of rotatable bonds is 3. The lowest BCUT2D eigenvalue weighted by Crippen LogP contribution is -2.27. The number of nitriles is 1. The van der Waals surface area contributed by atoms with Crippen LogP contribution < -0.4 is 5.56 Å². The van der Waals surface area contributed by atoms with E-state index in [0.29, 0.717) is 10.9 Å². The van der Waals surface area contributed by atoms with Crippen molar-refractivity contribution in [3.8, 4) is 17.2 Å². The Kier molecular flexibility index (Phi) is 3.84. The molecular weight excluding hydrogens is 306 g/mol. The van der Waals surface area contributed by atoms with Crippen molar-refractivity contribution in [2.75, 3.05) is 0 Å². The summed E-state index contributed by atoms with van der Waals surface area (Å²) < 4.78 is 0.965. The molecular formula is C18H13N3O3. The lowest BCUT2D eigenvalue weighted by Gasteiger charge is -2.14. The molecule has 3 rings (SSSR count).